The van der Waals surface area contributed by atoms with Crippen molar-refractivity contribution in [1.82, 2.24) is 10.2 Å². The van der Waals surface area contributed by atoms with Crippen molar-refractivity contribution < 1.29 is 18.0 Å². The van der Waals surface area contributed by atoms with E-state index in [1.807, 2.05) is 30.3 Å². The Kier molecular flexibility index (Phi) is 9.12. The van der Waals surface area contributed by atoms with Crippen molar-refractivity contribution in [3.05, 3.63) is 95.0 Å². The van der Waals surface area contributed by atoms with Crippen LogP contribution in [0.1, 0.15) is 25.0 Å². The van der Waals surface area contributed by atoms with Crippen molar-refractivity contribution in [2.24, 2.45) is 0 Å². The lowest BCUT2D eigenvalue weighted by Gasteiger charge is -2.32. The fraction of sp³-hybridized carbons (Fsp3) is 0.259. The van der Waals surface area contributed by atoms with Gasteiger partial charge in [0, 0.05) is 18.1 Å². The number of likely N-dealkylation sites (N-methyl/N-ethyl adjacent to an activating group) is 1. The molecular weight excluding hydrogens is 498 g/mol. The highest BCUT2D eigenvalue weighted by Crippen LogP contribution is 2.31. The summed E-state index contributed by atoms with van der Waals surface area (Å²) in [4.78, 5) is 27.9. The Morgan fingerprint density at radius 3 is 2.17 bits per heavy atom. The molecule has 3 rings (SSSR count). The molecule has 0 unspecified atom stereocenters. The number of anilines is 1. The van der Waals surface area contributed by atoms with Gasteiger partial charge in [-0.3, -0.25) is 13.9 Å². The van der Waals surface area contributed by atoms with Gasteiger partial charge in [-0.05, 0) is 56.2 Å². The van der Waals surface area contributed by atoms with Gasteiger partial charge >= 0.3 is 0 Å². The van der Waals surface area contributed by atoms with Crippen LogP contribution in [0.15, 0.2) is 83.8 Å². The third kappa shape index (κ3) is 6.25. The summed E-state index contributed by atoms with van der Waals surface area (Å²) in [6.45, 7) is 5.18. The Morgan fingerprint density at radius 2 is 1.56 bits per heavy atom. The summed E-state index contributed by atoms with van der Waals surface area (Å²) in [5.41, 5.74) is 1.64. The predicted octanol–water partition coefficient (Wildman–Crippen LogP) is 4.40. The number of hydrogen-bond donors (Lipinski definition) is 1. The van der Waals surface area contributed by atoms with Crippen LogP contribution >= 0.6 is 11.6 Å². The van der Waals surface area contributed by atoms with E-state index in [1.165, 1.54) is 17.0 Å². The lowest BCUT2D eigenvalue weighted by Crippen LogP contribution is -2.51. The molecule has 0 aliphatic rings. The van der Waals surface area contributed by atoms with Gasteiger partial charge in [0.15, 0.2) is 0 Å². The van der Waals surface area contributed by atoms with E-state index >= 15 is 0 Å². The predicted molar refractivity (Wildman–Crippen MR) is 142 cm³/mol. The number of rotatable bonds is 10. The second-order valence-corrected chi connectivity index (χ2v) is 10.6. The first kappa shape index (κ1) is 27.2. The highest BCUT2D eigenvalue weighted by atomic mass is 35.5. The van der Waals surface area contributed by atoms with E-state index < -0.39 is 28.5 Å². The number of halogens is 1. The highest BCUT2D eigenvalue weighted by molar-refractivity contribution is 7.92. The molecule has 0 aliphatic heterocycles. The number of hydrogen-bond acceptors (Lipinski definition) is 4. The number of nitrogens with zero attached hydrogens (tertiary/aromatic N) is 2. The molecule has 2 amide bonds. The zero-order valence-electron chi connectivity index (χ0n) is 20.5. The van der Waals surface area contributed by atoms with Gasteiger partial charge < -0.3 is 10.2 Å². The van der Waals surface area contributed by atoms with E-state index in [-0.39, 0.29) is 17.3 Å². The van der Waals surface area contributed by atoms with Gasteiger partial charge in [-0.15, -0.1) is 0 Å². The van der Waals surface area contributed by atoms with Gasteiger partial charge in [-0.1, -0.05) is 66.2 Å². The van der Waals surface area contributed by atoms with Crippen LogP contribution < -0.4 is 9.62 Å². The Morgan fingerprint density at radius 1 is 0.944 bits per heavy atom. The molecule has 190 valence electrons. The van der Waals surface area contributed by atoms with Crippen LogP contribution in [-0.2, 0) is 26.2 Å². The maximum Gasteiger partial charge on any atom is 0.264 e. The smallest absolute Gasteiger partial charge is 0.264 e. The molecule has 3 aromatic rings. The van der Waals surface area contributed by atoms with Gasteiger partial charge in [0.05, 0.1) is 10.6 Å². The topological polar surface area (TPSA) is 86.8 Å². The first-order chi connectivity index (χ1) is 17.2. The zero-order valence-corrected chi connectivity index (χ0v) is 22.1. The van der Waals surface area contributed by atoms with Gasteiger partial charge in [0.1, 0.15) is 12.6 Å². The van der Waals surface area contributed by atoms with Crippen LogP contribution in [-0.4, -0.2) is 44.3 Å². The van der Waals surface area contributed by atoms with Gasteiger partial charge in [0.25, 0.3) is 10.0 Å². The quantitative estimate of drug-likeness (QED) is 0.423. The largest absolute Gasteiger partial charge is 0.355 e. The molecule has 0 fully saturated rings. The average Bonchev–Trinajstić information content (AvgIpc) is 2.88. The fourth-order valence-electron chi connectivity index (χ4n) is 3.78. The molecule has 0 aromatic heterocycles. The average molecular weight is 528 g/mol. The standard InChI is InChI=1S/C27H30ClN3O4S/c1-4-29-27(33)21(3)30(18-22-12-7-5-8-13-22)26(32)19-31(25-17-11-16-24(28)20(25)2)36(34,35)23-14-9-6-10-15-23/h5-17,21H,4,18-19H2,1-3H3,(H,29,33)/t21-/m1/s1. The molecule has 3 aromatic carbocycles. The van der Waals surface area contributed by atoms with E-state index in [4.69, 9.17) is 11.6 Å². The number of sulfonamides is 1. The Balaban J connectivity index is 2.05. The van der Waals surface area contributed by atoms with Crippen molar-refractivity contribution in [1.29, 1.82) is 0 Å². The van der Waals surface area contributed by atoms with E-state index in [0.29, 0.717) is 22.8 Å². The summed E-state index contributed by atoms with van der Waals surface area (Å²) < 4.78 is 28.6. The minimum absolute atomic E-state index is 0.0450. The second-order valence-electron chi connectivity index (χ2n) is 8.29. The number of benzene rings is 3. The maximum absolute atomic E-state index is 13.8. The maximum atomic E-state index is 13.8. The van der Waals surface area contributed by atoms with E-state index in [9.17, 15) is 18.0 Å². The third-order valence-corrected chi connectivity index (χ3v) is 8.02. The van der Waals surface area contributed by atoms with Crippen LogP contribution in [0.3, 0.4) is 0 Å². The molecular formula is C27H30ClN3O4S. The summed E-state index contributed by atoms with van der Waals surface area (Å²) in [5.74, 6) is -0.838. The Labute approximate surface area is 217 Å². The van der Waals surface area contributed by atoms with Crippen molar-refractivity contribution in [3.8, 4) is 0 Å². The number of carbonyl (C=O) groups excluding carboxylic acids is 2. The number of amides is 2. The summed E-state index contributed by atoms with van der Waals surface area (Å²) in [6.07, 6.45) is 0. The van der Waals surface area contributed by atoms with Crippen molar-refractivity contribution in [2.75, 3.05) is 17.4 Å². The fourth-order valence-corrected chi connectivity index (χ4v) is 5.45. The number of carbonyl (C=O) groups is 2. The molecule has 0 bridgehead atoms. The Bertz CT molecular complexity index is 1300. The van der Waals surface area contributed by atoms with Crippen molar-refractivity contribution in [2.45, 2.75) is 38.3 Å². The molecule has 9 heteroatoms. The van der Waals surface area contributed by atoms with E-state index in [1.54, 1.807) is 57.2 Å². The summed E-state index contributed by atoms with van der Waals surface area (Å²) in [7, 11) is -4.12. The normalized spacial score (nSPS) is 12.0. The highest BCUT2D eigenvalue weighted by Gasteiger charge is 2.33. The molecule has 1 N–H and O–H groups in total. The lowest BCUT2D eigenvalue weighted by atomic mass is 10.1. The SMILES string of the molecule is CCNC(=O)[C@@H](C)N(Cc1ccccc1)C(=O)CN(c1cccc(Cl)c1C)S(=O)(=O)c1ccccc1. The van der Waals surface area contributed by atoms with Crippen LogP contribution in [0.5, 0.6) is 0 Å². The lowest BCUT2D eigenvalue weighted by molar-refractivity contribution is -0.139. The summed E-state index contributed by atoms with van der Waals surface area (Å²) in [6, 6.07) is 21.3. The van der Waals surface area contributed by atoms with Crippen LogP contribution in [0, 0.1) is 6.92 Å². The first-order valence-electron chi connectivity index (χ1n) is 11.6. The molecule has 0 radical (unpaired) electrons. The molecule has 0 saturated carbocycles. The summed E-state index contributed by atoms with van der Waals surface area (Å²) >= 11 is 6.32. The van der Waals surface area contributed by atoms with Gasteiger partial charge in [-0.2, -0.15) is 0 Å². The molecule has 0 saturated heterocycles. The molecule has 0 aliphatic carbocycles. The Hall–Kier alpha value is -3.36. The van der Waals surface area contributed by atoms with E-state index in [2.05, 4.69) is 5.32 Å². The molecule has 1 atom stereocenters. The molecule has 36 heavy (non-hydrogen) atoms. The second kappa shape index (κ2) is 12.1. The van der Waals surface area contributed by atoms with Crippen molar-refractivity contribution in [3.63, 3.8) is 0 Å². The van der Waals surface area contributed by atoms with Crippen LogP contribution in [0.2, 0.25) is 5.02 Å². The molecule has 0 heterocycles. The van der Waals surface area contributed by atoms with Crippen LogP contribution in [0.25, 0.3) is 0 Å². The third-order valence-electron chi connectivity index (χ3n) is 5.83. The van der Waals surface area contributed by atoms with E-state index in [0.717, 1.165) is 9.87 Å². The first-order valence-corrected chi connectivity index (χ1v) is 13.4. The van der Waals surface area contributed by atoms with Gasteiger partial charge in [-0.25, -0.2) is 8.42 Å². The zero-order chi connectivity index (χ0) is 26.3. The van der Waals surface area contributed by atoms with Gasteiger partial charge in [0.2, 0.25) is 11.8 Å². The van der Waals surface area contributed by atoms with Crippen LogP contribution in [0.4, 0.5) is 5.69 Å². The molecule has 7 nitrogen and oxygen atoms in total. The minimum Gasteiger partial charge on any atom is -0.355 e. The van der Waals surface area contributed by atoms with Crippen molar-refractivity contribution >= 4 is 39.1 Å². The monoisotopic (exact) mass is 527 g/mol. The molecule has 0 spiro atoms. The number of nitrogens with one attached hydrogen (secondary N) is 1. The summed E-state index contributed by atoms with van der Waals surface area (Å²) in [5, 5.41) is 3.12. The minimum atomic E-state index is -4.12.